The lowest BCUT2D eigenvalue weighted by atomic mass is 10.0. The van der Waals surface area contributed by atoms with Crippen LogP contribution in [0, 0.1) is 5.92 Å². The fourth-order valence-corrected chi connectivity index (χ4v) is 3.75. The van der Waals surface area contributed by atoms with Crippen LogP contribution in [-0.4, -0.2) is 12.1 Å². The van der Waals surface area contributed by atoms with E-state index in [-0.39, 0.29) is 0 Å². The van der Waals surface area contributed by atoms with Crippen molar-refractivity contribution < 1.29 is 4.74 Å². The highest BCUT2D eigenvalue weighted by atomic mass is 32.1. The van der Waals surface area contributed by atoms with E-state index in [1.165, 1.54) is 35.6 Å². The zero-order chi connectivity index (χ0) is 12.3. The molecule has 2 rings (SSSR count). The number of rotatable bonds is 5. The van der Waals surface area contributed by atoms with Crippen molar-refractivity contribution in [2.45, 2.75) is 51.7 Å². The van der Waals surface area contributed by atoms with E-state index in [4.69, 9.17) is 15.5 Å². The number of hydrogen-bond acceptors (Lipinski definition) is 4. The van der Waals surface area contributed by atoms with E-state index < -0.39 is 0 Å². The first-order chi connectivity index (χ1) is 8.28. The molecule has 17 heavy (non-hydrogen) atoms. The van der Waals surface area contributed by atoms with Gasteiger partial charge in [-0.3, -0.25) is 0 Å². The average molecular weight is 254 g/mol. The van der Waals surface area contributed by atoms with E-state index in [1.54, 1.807) is 18.4 Å². The summed E-state index contributed by atoms with van der Waals surface area (Å²) in [6, 6.07) is 0. The molecule has 0 saturated heterocycles. The van der Waals surface area contributed by atoms with Crippen LogP contribution in [0.5, 0.6) is 0 Å². The van der Waals surface area contributed by atoms with Gasteiger partial charge in [0.1, 0.15) is 0 Å². The van der Waals surface area contributed by atoms with Crippen molar-refractivity contribution in [3.05, 3.63) is 15.6 Å². The molecule has 2 atom stereocenters. The van der Waals surface area contributed by atoms with Gasteiger partial charge in [-0.15, -0.1) is 11.3 Å². The monoisotopic (exact) mass is 254 g/mol. The highest BCUT2D eigenvalue weighted by Gasteiger charge is 2.27. The second-order valence-corrected chi connectivity index (χ2v) is 5.96. The molecule has 1 saturated carbocycles. The summed E-state index contributed by atoms with van der Waals surface area (Å²) in [5, 5.41) is 1.29. The summed E-state index contributed by atoms with van der Waals surface area (Å²) < 4.78 is 5.18. The molecule has 3 nitrogen and oxygen atoms in total. The van der Waals surface area contributed by atoms with E-state index in [1.807, 2.05) is 0 Å². The minimum Gasteiger partial charge on any atom is -0.378 e. The van der Waals surface area contributed by atoms with Crippen LogP contribution < -0.4 is 5.73 Å². The fourth-order valence-electron chi connectivity index (χ4n) is 2.66. The minimum atomic E-state index is 0.584. The maximum Gasteiger partial charge on any atom is 0.0963 e. The first-order valence-electron chi connectivity index (χ1n) is 6.45. The number of nitrogens with two attached hydrogens (primary N) is 1. The Bertz CT molecular complexity index is 364. The van der Waals surface area contributed by atoms with Gasteiger partial charge < -0.3 is 10.5 Å². The summed E-state index contributed by atoms with van der Waals surface area (Å²) in [5.74, 6) is 1.57. The molecular formula is C13H22N2OS. The van der Waals surface area contributed by atoms with Gasteiger partial charge in [-0.25, -0.2) is 4.98 Å². The first-order valence-corrected chi connectivity index (χ1v) is 7.27. The van der Waals surface area contributed by atoms with E-state index in [2.05, 4.69) is 6.92 Å². The molecule has 1 aliphatic rings. The minimum absolute atomic E-state index is 0.584. The van der Waals surface area contributed by atoms with E-state index in [0.29, 0.717) is 19.1 Å². The van der Waals surface area contributed by atoms with E-state index in [9.17, 15) is 0 Å². The highest BCUT2D eigenvalue weighted by molar-refractivity contribution is 7.11. The SMILES string of the molecule is CCC1CCC(c2nc(COC)c(CN)s2)C1. The zero-order valence-corrected chi connectivity index (χ0v) is 11.6. The van der Waals surface area contributed by atoms with Gasteiger partial charge in [0.25, 0.3) is 0 Å². The van der Waals surface area contributed by atoms with Crippen LogP contribution in [-0.2, 0) is 17.9 Å². The highest BCUT2D eigenvalue weighted by Crippen LogP contribution is 2.41. The van der Waals surface area contributed by atoms with Crippen LogP contribution in [0.25, 0.3) is 0 Å². The maximum absolute atomic E-state index is 5.76. The maximum atomic E-state index is 5.76. The van der Waals surface area contributed by atoms with Gasteiger partial charge in [-0.1, -0.05) is 13.3 Å². The third-order valence-corrected chi connectivity index (χ3v) is 5.01. The molecule has 0 aliphatic heterocycles. The summed E-state index contributed by atoms with van der Waals surface area (Å²) in [6.45, 7) is 3.46. The van der Waals surface area contributed by atoms with Crippen LogP contribution in [0.4, 0.5) is 0 Å². The quantitative estimate of drug-likeness (QED) is 0.878. The molecule has 1 heterocycles. The van der Waals surface area contributed by atoms with E-state index >= 15 is 0 Å². The molecule has 0 aromatic carbocycles. The number of nitrogens with zero attached hydrogens (tertiary/aromatic N) is 1. The number of hydrogen-bond donors (Lipinski definition) is 1. The van der Waals surface area contributed by atoms with Crippen LogP contribution >= 0.6 is 11.3 Å². The summed E-state index contributed by atoms with van der Waals surface area (Å²) in [4.78, 5) is 5.93. The van der Waals surface area contributed by atoms with Crippen molar-refractivity contribution in [1.29, 1.82) is 0 Å². The van der Waals surface area contributed by atoms with Gasteiger partial charge in [-0.05, 0) is 25.2 Å². The Balaban J connectivity index is 2.11. The Labute approximate surface area is 107 Å². The van der Waals surface area contributed by atoms with Gasteiger partial charge in [0.05, 0.1) is 17.3 Å². The third kappa shape index (κ3) is 2.87. The second kappa shape index (κ2) is 5.94. The lowest BCUT2D eigenvalue weighted by Gasteiger charge is -2.06. The van der Waals surface area contributed by atoms with Gasteiger partial charge in [0.2, 0.25) is 0 Å². The van der Waals surface area contributed by atoms with Crippen LogP contribution in [0.2, 0.25) is 0 Å². The van der Waals surface area contributed by atoms with Crippen LogP contribution in [0.3, 0.4) is 0 Å². The molecule has 1 aromatic rings. The largest absolute Gasteiger partial charge is 0.378 e. The van der Waals surface area contributed by atoms with Gasteiger partial charge in [0, 0.05) is 24.4 Å². The normalized spacial score (nSPS) is 24.4. The third-order valence-electron chi connectivity index (χ3n) is 3.73. The van der Waals surface area contributed by atoms with Crippen molar-refractivity contribution in [2.24, 2.45) is 11.7 Å². The molecular weight excluding hydrogens is 232 g/mol. The van der Waals surface area contributed by atoms with E-state index in [0.717, 1.165) is 11.6 Å². The number of methoxy groups -OCH3 is 1. The lowest BCUT2D eigenvalue weighted by Crippen LogP contribution is -1.99. The molecule has 0 bridgehead atoms. The zero-order valence-electron chi connectivity index (χ0n) is 10.7. The predicted molar refractivity (Wildman–Crippen MR) is 71.1 cm³/mol. The molecule has 1 fully saturated rings. The van der Waals surface area contributed by atoms with Crippen LogP contribution in [0.15, 0.2) is 0 Å². The molecule has 0 radical (unpaired) electrons. The van der Waals surface area contributed by atoms with Gasteiger partial charge in [-0.2, -0.15) is 0 Å². The Morgan fingerprint density at radius 1 is 1.47 bits per heavy atom. The Morgan fingerprint density at radius 2 is 2.29 bits per heavy atom. The topological polar surface area (TPSA) is 48.1 Å². The Kier molecular flexibility index (Phi) is 4.54. The Hall–Kier alpha value is -0.450. The molecule has 0 amide bonds. The predicted octanol–water partition coefficient (Wildman–Crippen LogP) is 3.04. The first kappa shape index (κ1) is 13.0. The number of aromatic nitrogens is 1. The molecule has 96 valence electrons. The molecule has 1 aromatic heterocycles. The van der Waals surface area contributed by atoms with Crippen molar-refractivity contribution in [3.63, 3.8) is 0 Å². The summed E-state index contributed by atoms with van der Waals surface area (Å²) in [5.41, 5.74) is 6.81. The molecule has 0 spiro atoms. The summed E-state index contributed by atoms with van der Waals surface area (Å²) >= 11 is 1.79. The van der Waals surface area contributed by atoms with Gasteiger partial charge >= 0.3 is 0 Å². The smallest absolute Gasteiger partial charge is 0.0963 e. The lowest BCUT2D eigenvalue weighted by molar-refractivity contribution is 0.181. The van der Waals surface area contributed by atoms with Crippen molar-refractivity contribution in [1.82, 2.24) is 4.98 Å². The molecule has 4 heteroatoms. The second-order valence-electron chi connectivity index (χ2n) is 4.84. The van der Waals surface area contributed by atoms with Gasteiger partial charge in [0.15, 0.2) is 0 Å². The van der Waals surface area contributed by atoms with Crippen molar-refractivity contribution in [2.75, 3.05) is 7.11 Å². The molecule has 2 N–H and O–H groups in total. The molecule has 1 aliphatic carbocycles. The molecule has 2 unspecified atom stereocenters. The average Bonchev–Trinajstić information content (AvgIpc) is 2.94. The fraction of sp³-hybridized carbons (Fsp3) is 0.769. The van der Waals surface area contributed by atoms with Crippen molar-refractivity contribution >= 4 is 11.3 Å². The standard InChI is InChI=1S/C13H22N2OS/c1-3-9-4-5-10(6-9)13-15-11(8-16-2)12(7-14)17-13/h9-10H,3-8,14H2,1-2H3. The number of ether oxygens (including phenoxy) is 1. The number of thiazole rings is 1. The van der Waals surface area contributed by atoms with Crippen LogP contribution in [0.1, 0.15) is 54.1 Å². The summed E-state index contributed by atoms with van der Waals surface area (Å²) in [7, 11) is 1.71. The summed E-state index contributed by atoms with van der Waals surface area (Å²) in [6.07, 6.45) is 5.26. The van der Waals surface area contributed by atoms with Crippen molar-refractivity contribution in [3.8, 4) is 0 Å². The Morgan fingerprint density at radius 3 is 2.88 bits per heavy atom.